The predicted molar refractivity (Wildman–Crippen MR) is 108 cm³/mol. The first kappa shape index (κ1) is 22.0. The lowest BCUT2D eigenvalue weighted by Gasteiger charge is -2.11. The maximum atomic E-state index is 13.6. The Morgan fingerprint density at radius 1 is 1.26 bits per heavy atom. The molecule has 2 heterocycles. The third kappa shape index (κ3) is 3.89. The van der Waals surface area contributed by atoms with E-state index in [1.165, 1.54) is 37.3 Å². The van der Waals surface area contributed by atoms with Crippen molar-refractivity contribution in [2.75, 3.05) is 6.61 Å². The van der Waals surface area contributed by atoms with E-state index < -0.39 is 34.1 Å². The van der Waals surface area contributed by atoms with Gasteiger partial charge in [-0.25, -0.2) is 9.64 Å². The average molecular weight is 449 g/mol. The molecule has 0 aliphatic carbocycles. The Bertz CT molecular complexity index is 1200. The molecule has 0 radical (unpaired) electrons. The number of benzene rings is 1. The molecule has 1 aromatic carbocycles. The Labute approximate surface area is 178 Å². The summed E-state index contributed by atoms with van der Waals surface area (Å²) in [7, 11) is 1.05. The minimum Gasteiger partial charge on any atom is -0.461 e. The summed E-state index contributed by atoms with van der Waals surface area (Å²) < 4.78 is 46.5. The van der Waals surface area contributed by atoms with E-state index in [1.54, 1.807) is 5.38 Å². The van der Waals surface area contributed by atoms with Crippen LogP contribution in [0.4, 0.5) is 24.5 Å². The molecule has 11 heteroatoms. The summed E-state index contributed by atoms with van der Waals surface area (Å²) >= 11 is 1.15. The first-order valence-corrected chi connectivity index (χ1v) is 9.66. The number of carbonyl (C=O) groups excluding carboxylic acids is 1. The molecule has 3 rings (SSSR count). The normalized spacial score (nSPS) is 11.2. The standard InChI is InChI=1S/C20H14F3N3O4S/c1-4-30-19(27)16-14(15(24-2)18(25(16)3)20(21,22)23)11-5-7-12(8-6-11)17-13(26(28)29)9-10-31-17/h5-10H,4H2,1,3H3. The van der Waals surface area contributed by atoms with Crippen LogP contribution in [0.1, 0.15) is 23.1 Å². The van der Waals surface area contributed by atoms with Gasteiger partial charge in [0.15, 0.2) is 0 Å². The molecular weight excluding hydrogens is 435 g/mol. The first-order chi connectivity index (χ1) is 14.6. The van der Waals surface area contributed by atoms with Gasteiger partial charge in [0.05, 0.1) is 18.1 Å². The molecule has 2 aromatic heterocycles. The third-order valence-electron chi connectivity index (χ3n) is 4.49. The second-order valence-electron chi connectivity index (χ2n) is 6.28. The van der Waals surface area contributed by atoms with Crippen LogP contribution in [0.25, 0.3) is 26.4 Å². The van der Waals surface area contributed by atoms with Crippen molar-refractivity contribution in [3.05, 3.63) is 68.6 Å². The molecular formula is C20H14F3N3O4S. The number of nitrogens with zero attached hydrogens (tertiary/aromatic N) is 3. The zero-order chi connectivity index (χ0) is 22.9. The van der Waals surface area contributed by atoms with Gasteiger partial charge in [-0.1, -0.05) is 24.3 Å². The molecule has 7 nitrogen and oxygen atoms in total. The molecule has 0 spiro atoms. The monoisotopic (exact) mass is 449 g/mol. The molecule has 0 unspecified atom stereocenters. The highest BCUT2D eigenvalue weighted by molar-refractivity contribution is 7.14. The van der Waals surface area contributed by atoms with E-state index in [1.807, 2.05) is 0 Å². The minimum absolute atomic E-state index is 0.0564. The van der Waals surface area contributed by atoms with Crippen molar-refractivity contribution in [2.45, 2.75) is 13.1 Å². The first-order valence-electron chi connectivity index (χ1n) is 8.78. The molecule has 0 saturated heterocycles. The number of rotatable bonds is 5. The Balaban J connectivity index is 2.22. The number of ether oxygens (including phenoxy) is 1. The van der Waals surface area contributed by atoms with Crippen LogP contribution in [0, 0.1) is 16.7 Å². The summed E-state index contributed by atoms with van der Waals surface area (Å²) in [6.07, 6.45) is -4.87. The highest BCUT2D eigenvalue weighted by Gasteiger charge is 2.42. The number of nitro groups is 1. The second-order valence-corrected chi connectivity index (χ2v) is 7.20. The number of alkyl halides is 3. The largest absolute Gasteiger partial charge is 0.461 e. The molecule has 3 aromatic rings. The van der Waals surface area contributed by atoms with Crippen LogP contribution in [-0.4, -0.2) is 22.1 Å². The van der Waals surface area contributed by atoms with Gasteiger partial charge >= 0.3 is 12.1 Å². The van der Waals surface area contributed by atoms with Gasteiger partial charge in [-0.3, -0.25) is 10.1 Å². The van der Waals surface area contributed by atoms with Gasteiger partial charge in [-0.15, -0.1) is 11.3 Å². The number of esters is 1. The lowest BCUT2D eigenvalue weighted by molar-refractivity contribution is -0.383. The maximum Gasteiger partial charge on any atom is 0.421 e. The van der Waals surface area contributed by atoms with Gasteiger partial charge in [0, 0.05) is 18.7 Å². The van der Waals surface area contributed by atoms with Gasteiger partial charge < -0.3 is 9.30 Å². The summed E-state index contributed by atoms with van der Waals surface area (Å²) in [6, 6.07) is 7.20. The summed E-state index contributed by atoms with van der Waals surface area (Å²) in [5.74, 6) is -0.988. The van der Waals surface area contributed by atoms with Crippen LogP contribution in [0.15, 0.2) is 35.7 Å². The van der Waals surface area contributed by atoms with Crippen LogP contribution in [0.2, 0.25) is 0 Å². The van der Waals surface area contributed by atoms with E-state index >= 15 is 0 Å². The predicted octanol–water partition coefficient (Wildman–Crippen LogP) is 6.08. The Hall–Kier alpha value is -3.65. The van der Waals surface area contributed by atoms with E-state index in [9.17, 15) is 28.1 Å². The zero-order valence-corrected chi connectivity index (χ0v) is 17.0. The molecule has 31 heavy (non-hydrogen) atoms. The van der Waals surface area contributed by atoms with Crippen molar-refractivity contribution in [3.8, 4) is 21.6 Å². The minimum atomic E-state index is -4.87. The molecule has 0 N–H and O–H groups in total. The van der Waals surface area contributed by atoms with Crippen molar-refractivity contribution in [2.24, 2.45) is 7.05 Å². The molecule has 0 amide bonds. The molecule has 160 valence electrons. The quantitative estimate of drug-likeness (QED) is 0.205. The number of aromatic nitrogens is 1. The van der Waals surface area contributed by atoms with Crippen molar-refractivity contribution < 1.29 is 27.6 Å². The lowest BCUT2D eigenvalue weighted by Crippen LogP contribution is -2.16. The number of hydrogen-bond acceptors (Lipinski definition) is 5. The number of halogens is 3. The SMILES string of the molecule is [C-]#[N+]c1c(-c2ccc(-c3sccc3[N+](=O)[O-])cc2)c(C(=O)OCC)n(C)c1C(F)(F)F. The fourth-order valence-electron chi connectivity index (χ4n) is 3.26. The molecule has 0 fully saturated rings. The molecule has 0 aliphatic heterocycles. The fourth-order valence-corrected chi connectivity index (χ4v) is 4.13. The van der Waals surface area contributed by atoms with Crippen LogP contribution in [0.5, 0.6) is 0 Å². The van der Waals surface area contributed by atoms with Crippen molar-refractivity contribution in [1.29, 1.82) is 0 Å². The van der Waals surface area contributed by atoms with Crippen LogP contribution in [0.3, 0.4) is 0 Å². The Kier molecular flexibility index (Phi) is 5.85. The Morgan fingerprint density at radius 2 is 1.87 bits per heavy atom. The van der Waals surface area contributed by atoms with Gasteiger partial charge in [-0.05, 0) is 23.4 Å². The molecule has 0 atom stereocenters. The summed E-state index contributed by atoms with van der Waals surface area (Å²) in [5.41, 5.74) is -1.98. The van der Waals surface area contributed by atoms with Gasteiger partial charge in [0.25, 0.3) is 5.69 Å². The molecule has 0 aliphatic rings. The zero-order valence-electron chi connectivity index (χ0n) is 16.2. The number of carbonyl (C=O) groups is 1. The van der Waals surface area contributed by atoms with Crippen molar-refractivity contribution in [1.82, 2.24) is 4.57 Å². The maximum absolute atomic E-state index is 13.6. The van der Waals surface area contributed by atoms with E-state index in [0.29, 0.717) is 15.0 Å². The third-order valence-corrected chi connectivity index (χ3v) is 5.45. The van der Waals surface area contributed by atoms with Gasteiger partial charge in [0.1, 0.15) is 16.3 Å². The van der Waals surface area contributed by atoms with Crippen LogP contribution < -0.4 is 0 Å². The fraction of sp³-hybridized carbons (Fsp3) is 0.200. The highest BCUT2D eigenvalue weighted by atomic mass is 32.1. The smallest absolute Gasteiger partial charge is 0.421 e. The van der Waals surface area contributed by atoms with Crippen LogP contribution in [-0.2, 0) is 18.0 Å². The van der Waals surface area contributed by atoms with E-state index in [2.05, 4.69) is 4.85 Å². The highest BCUT2D eigenvalue weighted by Crippen LogP contribution is 2.46. The summed E-state index contributed by atoms with van der Waals surface area (Å²) in [5, 5.41) is 12.7. The average Bonchev–Trinajstić information content (AvgIpc) is 3.30. The summed E-state index contributed by atoms with van der Waals surface area (Å²) in [6.45, 7) is 8.79. The Morgan fingerprint density at radius 3 is 2.39 bits per heavy atom. The summed E-state index contributed by atoms with van der Waals surface area (Å²) in [4.78, 5) is 26.5. The topological polar surface area (TPSA) is 78.7 Å². The lowest BCUT2D eigenvalue weighted by atomic mass is 10.0. The molecule has 0 bridgehead atoms. The van der Waals surface area contributed by atoms with Gasteiger partial charge in [-0.2, -0.15) is 13.2 Å². The number of thiophene rings is 1. The molecule has 0 saturated carbocycles. The van der Waals surface area contributed by atoms with E-state index in [-0.39, 0.29) is 23.4 Å². The van der Waals surface area contributed by atoms with Crippen LogP contribution >= 0.6 is 11.3 Å². The van der Waals surface area contributed by atoms with Crippen molar-refractivity contribution in [3.63, 3.8) is 0 Å². The van der Waals surface area contributed by atoms with Gasteiger partial charge in [0.2, 0.25) is 5.69 Å². The number of hydrogen-bond donors (Lipinski definition) is 0. The van der Waals surface area contributed by atoms with Crippen molar-refractivity contribution >= 4 is 28.7 Å². The second kappa shape index (κ2) is 8.23. The van der Waals surface area contributed by atoms with E-state index in [4.69, 9.17) is 11.3 Å². The van der Waals surface area contributed by atoms with E-state index in [0.717, 1.165) is 18.4 Å².